The fraction of sp³-hybridized carbons (Fsp3) is 0.200. The van der Waals surface area contributed by atoms with E-state index in [1.165, 1.54) is 82.8 Å². The second kappa shape index (κ2) is 17.6. The summed E-state index contributed by atoms with van der Waals surface area (Å²) in [5, 5.41) is 5.02. The van der Waals surface area contributed by atoms with Gasteiger partial charge in [0.15, 0.2) is 0 Å². The lowest BCUT2D eigenvalue weighted by Gasteiger charge is -2.32. The van der Waals surface area contributed by atoms with Crippen molar-refractivity contribution in [2.24, 2.45) is 0 Å². The van der Waals surface area contributed by atoms with Crippen LogP contribution in [0.1, 0.15) is 93.6 Å². The zero-order valence-electron chi connectivity index (χ0n) is 42.8. The first-order valence-electron chi connectivity index (χ1n) is 25.4. The van der Waals surface area contributed by atoms with Crippen molar-refractivity contribution in [3.8, 4) is 27.9 Å². The van der Waals surface area contributed by atoms with Crippen LogP contribution in [0.15, 0.2) is 187 Å². The molecule has 12 aromatic rings. The van der Waals surface area contributed by atoms with E-state index in [1.807, 2.05) is 0 Å². The Hall–Kier alpha value is -7.50. The Labute approximate surface area is 455 Å². The van der Waals surface area contributed by atoms with Gasteiger partial charge in [-0.2, -0.15) is 0 Å². The molecule has 5 heterocycles. The summed E-state index contributed by atoms with van der Waals surface area (Å²) in [7, 11) is -0.408. The van der Waals surface area contributed by atoms with Crippen molar-refractivity contribution in [3.05, 3.63) is 209 Å². The average molecular weight is 1060 g/mol. The third-order valence-corrected chi connectivity index (χ3v) is 16.9. The Bertz CT molecular complexity index is 4180. The lowest BCUT2D eigenvalue weighted by Crippen LogP contribution is -2.41. The number of benzene rings is 8. The van der Waals surface area contributed by atoms with Crippen molar-refractivity contribution in [3.63, 3.8) is 0 Å². The Morgan fingerprint density at radius 1 is 0.413 bits per heavy atom. The van der Waals surface area contributed by atoms with Gasteiger partial charge in [-0.25, -0.2) is 0 Å². The molecule has 15 rings (SSSR count). The minimum absolute atomic E-state index is 0. The number of rotatable bonds is 2. The summed E-state index contributed by atoms with van der Waals surface area (Å²) in [6, 6.07) is 56.4. The Morgan fingerprint density at radius 3 is 1.23 bits per heavy atom. The van der Waals surface area contributed by atoms with Crippen LogP contribution in [-0.2, 0) is 20.1 Å². The van der Waals surface area contributed by atoms with Crippen molar-refractivity contribution >= 4 is 88.9 Å². The van der Waals surface area contributed by atoms with Crippen LogP contribution >= 0.6 is 15.9 Å². The Balaban J connectivity index is 0.000000194. The smallest absolute Gasteiger partial charge is 0.384 e. The number of para-hydroxylation sites is 4. The van der Waals surface area contributed by atoms with Crippen molar-refractivity contribution in [1.82, 2.24) is 29.0 Å². The SMILES string of the molecule is C.CC1(C)OB(n2c3ccccc3c3ccccc32)OC1(C)C.CC1(C)c2ccc(-n3c4ccccc4c4ccccc43)cc2-c2cc3nccnc3cc21.CC1(C)c2ccc(Br)cc2-c2cc3nccnc3cc21.[HH].[HH].[HH].[HH].[HH].[HH]. The standard InChI is InChI=1S/C29H21N3.C18H20BNO2.C17H13BrN2.CH4.6H2/c1-29(2)23-12-11-18(15-21(23)22-16-25-26(17-24(22)29)31-14-13-30-25)32-27-9-5-3-7-19(27)20-8-4-6-10-28(20)32;1-17(2)18(3,4)22-19(21-17)20-15-11-7-5-9-13(15)14-10-6-8-12-16(14)20;1-17(2)13-4-3-10(18)7-11(13)12-8-15-16(9-14(12)17)20-6-5-19-15;;;;;;;/h3-17H,1-2H3;5-12H,1-4H3;3-9H,1-2H3;1H4;6*1H. The van der Waals surface area contributed by atoms with E-state index in [9.17, 15) is 0 Å². The summed E-state index contributed by atoms with van der Waals surface area (Å²) < 4.78 is 18.2. The summed E-state index contributed by atoms with van der Waals surface area (Å²) >= 11 is 3.58. The van der Waals surface area contributed by atoms with Crippen LogP contribution in [0, 0.1) is 0 Å². The molecule has 8 aromatic carbocycles. The van der Waals surface area contributed by atoms with E-state index in [4.69, 9.17) is 9.31 Å². The fourth-order valence-corrected chi connectivity index (χ4v) is 12.2. The zero-order valence-corrected chi connectivity index (χ0v) is 44.4. The molecule has 0 spiro atoms. The first kappa shape index (κ1) is 48.4. The molecule has 8 nitrogen and oxygen atoms in total. The molecule has 2 aliphatic carbocycles. The molecule has 10 heteroatoms. The van der Waals surface area contributed by atoms with E-state index in [1.54, 1.807) is 24.8 Å². The summed E-state index contributed by atoms with van der Waals surface area (Å²) in [4.78, 5) is 18.0. The Morgan fingerprint density at radius 2 is 0.773 bits per heavy atom. The molecule has 1 saturated heterocycles. The molecule has 4 aromatic heterocycles. The maximum Gasteiger partial charge on any atom is 0.598 e. The van der Waals surface area contributed by atoms with E-state index in [0.717, 1.165) is 37.6 Å². The molecule has 0 unspecified atom stereocenters. The van der Waals surface area contributed by atoms with Crippen molar-refractivity contribution in [2.75, 3.05) is 0 Å². The van der Waals surface area contributed by atoms with Crippen molar-refractivity contribution < 1.29 is 17.9 Å². The third-order valence-electron chi connectivity index (χ3n) is 16.4. The second-order valence-corrected chi connectivity index (χ2v) is 22.8. The summed E-state index contributed by atoms with van der Waals surface area (Å²) in [6.45, 7) is 17.5. The highest BCUT2D eigenvalue weighted by Gasteiger charge is 2.53. The highest BCUT2D eigenvalue weighted by molar-refractivity contribution is 9.10. The van der Waals surface area contributed by atoms with Crippen LogP contribution in [0.25, 0.3) is 93.6 Å². The van der Waals surface area contributed by atoms with Gasteiger partial charge in [-0.05, 0) is 145 Å². The molecule has 1 fully saturated rings. The number of fused-ring (bicyclic) bond motifs is 14. The minimum atomic E-state index is -0.408. The molecular weight excluding hydrogens is 987 g/mol. The van der Waals surface area contributed by atoms with E-state index >= 15 is 0 Å². The van der Waals surface area contributed by atoms with Crippen molar-refractivity contribution in [2.45, 2.75) is 84.8 Å². The van der Waals surface area contributed by atoms with Crippen LogP contribution in [0.3, 0.4) is 0 Å². The molecule has 75 heavy (non-hydrogen) atoms. The van der Waals surface area contributed by atoms with E-state index < -0.39 is 7.25 Å². The molecule has 0 N–H and O–H groups in total. The largest absolute Gasteiger partial charge is 0.598 e. The lowest BCUT2D eigenvalue weighted by atomic mass is 9.82. The van der Waals surface area contributed by atoms with Crippen LogP contribution in [0.5, 0.6) is 0 Å². The van der Waals surface area contributed by atoms with Gasteiger partial charge in [0.1, 0.15) is 0 Å². The predicted molar refractivity (Wildman–Crippen MR) is 327 cm³/mol. The van der Waals surface area contributed by atoms with Crippen molar-refractivity contribution in [1.29, 1.82) is 0 Å². The third kappa shape index (κ3) is 7.55. The molecule has 0 bridgehead atoms. The number of halogens is 1. The van der Waals surface area contributed by atoms with E-state index in [2.05, 4.69) is 258 Å². The second-order valence-electron chi connectivity index (χ2n) is 21.9. The molecule has 1 aliphatic heterocycles. The molecule has 382 valence electrons. The van der Waals surface area contributed by atoms with E-state index in [-0.39, 0.29) is 38.0 Å². The molecule has 0 radical (unpaired) electrons. The van der Waals surface area contributed by atoms with Gasteiger partial charge in [0.2, 0.25) is 0 Å². The highest BCUT2D eigenvalue weighted by Crippen LogP contribution is 2.52. The first-order chi connectivity index (χ1) is 35.6. The monoisotopic (exact) mass is 1060 g/mol. The predicted octanol–water partition coefficient (Wildman–Crippen LogP) is 18.1. The molecule has 0 saturated carbocycles. The number of nitrogens with zero attached hydrogens (tertiary/aromatic N) is 6. The van der Waals surface area contributed by atoms with Gasteiger partial charge in [0.05, 0.1) is 44.3 Å². The number of hydrogen-bond acceptors (Lipinski definition) is 6. The normalized spacial score (nSPS) is 16.0. The highest BCUT2D eigenvalue weighted by atomic mass is 79.9. The number of aromatic nitrogens is 6. The minimum Gasteiger partial charge on any atom is -0.384 e. The van der Waals surface area contributed by atoms with Gasteiger partial charge in [-0.15, -0.1) is 0 Å². The molecule has 3 aliphatic rings. The van der Waals surface area contributed by atoms with Gasteiger partial charge >= 0.3 is 7.25 Å². The summed E-state index contributed by atoms with van der Waals surface area (Å²) in [5.74, 6) is 0. The van der Waals surface area contributed by atoms with Crippen LogP contribution in [0.4, 0.5) is 0 Å². The fourth-order valence-electron chi connectivity index (χ4n) is 11.8. The van der Waals surface area contributed by atoms with Crippen LogP contribution < -0.4 is 0 Å². The maximum atomic E-state index is 6.27. The van der Waals surface area contributed by atoms with E-state index in [0.29, 0.717) is 0 Å². The molecule has 0 amide bonds. The molecular formula is C65H70BBrN6O2. The quantitative estimate of drug-likeness (QED) is 0.161. The number of hydrogen-bond donors (Lipinski definition) is 0. The summed E-state index contributed by atoms with van der Waals surface area (Å²) in [5.41, 5.74) is 19.5. The Kier molecular flexibility index (Phi) is 11.3. The first-order valence-corrected chi connectivity index (χ1v) is 26.2. The average Bonchev–Trinajstić information content (AvgIpc) is 4.25. The van der Waals surface area contributed by atoms with Crippen LogP contribution in [0.2, 0.25) is 0 Å². The maximum absolute atomic E-state index is 6.27. The van der Waals surface area contributed by atoms with Gasteiger partial charge in [-0.1, -0.05) is 136 Å². The lowest BCUT2D eigenvalue weighted by molar-refractivity contribution is 0.00578. The van der Waals surface area contributed by atoms with Gasteiger partial charge in [0, 0.05) is 86.9 Å². The molecule has 0 atom stereocenters. The van der Waals surface area contributed by atoms with Gasteiger partial charge in [0.25, 0.3) is 0 Å². The van der Waals surface area contributed by atoms with Gasteiger partial charge in [-0.3, -0.25) is 19.9 Å². The van der Waals surface area contributed by atoms with Crippen LogP contribution in [-0.4, -0.2) is 47.4 Å². The zero-order chi connectivity index (χ0) is 50.9. The van der Waals surface area contributed by atoms with Gasteiger partial charge < -0.3 is 18.4 Å². The summed E-state index contributed by atoms with van der Waals surface area (Å²) in [6.07, 6.45) is 7.03. The topological polar surface area (TPSA) is 79.9 Å².